The summed E-state index contributed by atoms with van der Waals surface area (Å²) in [5.41, 5.74) is -0.540. The summed E-state index contributed by atoms with van der Waals surface area (Å²) in [7, 11) is 1.89. The standard InChI is InChI=1S/C17H27N3O4/c1-17(2,3)24-16(22)20-10-9-19(4)14(12-20)15(21)18-8-7-13-6-5-11-23-13/h5-6,11,14H,7-10,12H2,1-4H3,(H,18,21). The molecule has 1 aromatic rings. The maximum atomic E-state index is 12.4. The molecule has 24 heavy (non-hydrogen) atoms. The van der Waals surface area contributed by atoms with E-state index in [9.17, 15) is 9.59 Å². The summed E-state index contributed by atoms with van der Waals surface area (Å²) in [6, 6.07) is 3.33. The van der Waals surface area contributed by atoms with Crippen molar-refractivity contribution in [3.63, 3.8) is 0 Å². The molecule has 0 bridgehead atoms. The van der Waals surface area contributed by atoms with Crippen molar-refractivity contribution < 1.29 is 18.7 Å². The highest BCUT2D eigenvalue weighted by atomic mass is 16.6. The highest BCUT2D eigenvalue weighted by Crippen LogP contribution is 2.14. The van der Waals surface area contributed by atoms with Gasteiger partial charge in [0.2, 0.25) is 5.91 Å². The van der Waals surface area contributed by atoms with Crippen molar-refractivity contribution in [3.05, 3.63) is 24.2 Å². The van der Waals surface area contributed by atoms with E-state index in [-0.39, 0.29) is 18.0 Å². The van der Waals surface area contributed by atoms with Gasteiger partial charge < -0.3 is 19.4 Å². The van der Waals surface area contributed by atoms with Crippen LogP contribution in [0.4, 0.5) is 4.79 Å². The monoisotopic (exact) mass is 337 g/mol. The smallest absolute Gasteiger partial charge is 0.410 e. The molecule has 1 atom stereocenters. The molecule has 1 fully saturated rings. The highest BCUT2D eigenvalue weighted by Gasteiger charge is 2.33. The van der Waals surface area contributed by atoms with Crippen molar-refractivity contribution in [1.29, 1.82) is 0 Å². The van der Waals surface area contributed by atoms with Crippen LogP contribution in [-0.4, -0.2) is 66.7 Å². The normalized spacial score (nSPS) is 19.2. The largest absolute Gasteiger partial charge is 0.469 e. The number of hydrogen-bond acceptors (Lipinski definition) is 5. The number of nitrogens with zero attached hydrogens (tertiary/aromatic N) is 2. The maximum Gasteiger partial charge on any atom is 0.410 e. The number of rotatable bonds is 4. The van der Waals surface area contributed by atoms with Gasteiger partial charge in [0.1, 0.15) is 17.4 Å². The summed E-state index contributed by atoms with van der Waals surface area (Å²) in [6.07, 6.45) is 1.89. The van der Waals surface area contributed by atoms with Gasteiger partial charge in [-0.2, -0.15) is 0 Å². The second kappa shape index (κ2) is 7.70. The Morgan fingerprint density at radius 1 is 1.38 bits per heavy atom. The molecule has 1 aliphatic rings. The molecule has 2 rings (SSSR count). The van der Waals surface area contributed by atoms with E-state index in [1.165, 1.54) is 0 Å². The van der Waals surface area contributed by atoms with Crippen LogP contribution in [0, 0.1) is 0 Å². The van der Waals surface area contributed by atoms with E-state index < -0.39 is 5.60 Å². The predicted molar refractivity (Wildman–Crippen MR) is 89.6 cm³/mol. The Labute approximate surface area is 142 Å². The third kappa shape index (κ3) is 5.26. The van der Waals surface area contributed by atoms with Crippen LogP contribution in [0.3, 0.4) is 0 Å². The number of carbonyl (C=O) groups is 2. The van der Waals surface area contributed by atoms with E-state index >= 15 is 0 Å². The van der Waals surface area contributed by atoms with Crippen LogP contribution in [0.1, 0.15) is 26.5 Å². The molecule has 1 saturated heterocycles. The number of nitrogens with one attached hydrogen (secondary N) is 1. The summed E-state index contributed by atoms with van der Waals surface area (Å²) >= 11 is 0. The highest BCUT2D eigenvalue weighted by molar-refractivity contribution is 5.83. The molecule has 2 amide bonds. The van der Waals surface area contributed by atoms with Gasteiger partial charge in [0, 0.05) is 32.6 Å². The Morgan fingerprint density at radius 2 is 2.12 bits per heavy atom. The molecule has 134 valence electrons. The van der Waals surface area contributed by atoms with E-state index in [1.807, 2.05) is 44.9 Å². The second-order valence-electron chi connectivity index (χ2n) is 7.04. The molecule has 2 heterocycles. The number of amides is 2. The Bertz CT molecular complexity index is 551. The minimum Gasteiger partial charge on any atom is -0.469 e. The molecule has 0 radical (unpaired) electrons. The summed E-state index contributed by atoms with van der Waals surface area (Å²) in [5, 5.41) is 2.91. The fraction of sp³-hybridized carbons (Fsp3) is 0.647. The van der Waals surface area contributed by atoms with Crippen molar-refractivity contribution in [2.75, 3.05) is 33.2 Å². The molecular weight excluding hydrogens is 310 g/mol. The molecular formula is C17H27N3O4. The molecule has 0 saturated carbocycles. The lowest BCUT2D eigenvalue weighted by Crippen LogP contribution is -2.59. The van der Waals surface area contributed by atoms with Crippen molar-refractivity contribution in [2.45, 2.75) is 38.8 Å². The van der Waals surface area contributed by atoms with E-state index in [2.05, 4.69) is 5.32 Å². The van der Waals surface area contributed by atoms with E-state index in [1.54, 1.807) is 11.2 Å². The zero-order valence-electron chi connectivity index (χ0n) is 14.9. The SMILES string of the molecule is CN1CCN(C(=O)OC(C)(C)C)CC1C(=O)NCCc1ccco1. The summed E-state index contributed by atoms with van der Waals surface area (Å²) in [5.74, 6) is 0.750. The van der Waals surface area contributed by atoms with Crippen LogP contribution < -0.4 is 5.32 Å². The minimum atomic E-state index is -0.540. The fourth-order valence-electron chi connectivity index (χ4n) is 2.53. The molecule has 1 aromatic heterocycles. The quantitative estimate of drug-likeness (QED) is 0.901. The molecule has 0 aromatic carbocycles. The Balaban J connectivity index is 1.85. The summed E-state index contributed by atoms with van der Waals surface area (Å²) < 4.78 is 10.6. The van der Waals surface area contributed by atoms with Gasteiger partial charge in [0.25, 0.3) is 0 Å². The molecule has 0 aliphatic carbocycles. The Kier molecular flexibility index (Phi) is 5.88. The average Bonchev–Trinajstić information content (AvgIpc) is 2.99. The topological polar surface area (TPSA) is 75.0 Å². The maximum absolute atomic E-state index is 12.4. The summed E-state index contributed by atoms with van der Waals surface area (Å²) in [4.78, 5) is 28.2. The first-order chi connectivity index (χ1) is 11.3. The number of likely N-dealkylation sites (N-methyl/N-ethyl adjacent to an activating group) is 1. The van der Waals surface area contributed by atoms with Crippen molar-refractivity contribution in [3.8, 4) is 0 Å². The lowest BCUT2D eigenvalue weighted by Gasteiger charge is -2.38. The summed E-state index contributed by atoms with van der Waals surface area (Å²) in [6.45, 7) is 7.53. The van der Waals surface area contributed by atoms with E-state index in [0.717, 1.165) is 5.76 Å². The zero-order valence-corrected chi connectivity index (χ0v) is 14.9. The molecule has 1 unspecified atom stereocenters. The molecule has 7 nitrogen and oxygen atoms in total. The number of ether oxygens (including phenoxy) is 1. The van der Waals surface area contributed by atoms with Crippen molar-refractivity contribution >= 4 is 12.0 Å². The van der Waals surface area contributed by atoms with Gasteiger partial charge in [-0.3, -0.25) is 9.69 Å². The van der Waals surface area contributed by atoms with Gasteiger partial charge in [-0.25, -0.2) is 4.79 Å². The number of furan rings is 1. The van der Waals surface area contributed by atoms with E-state index in [4.69, 9.17) is 9.15 Å². The molecule has 1 N–H and O–H groups in total. The predicted octanol–water partition coefficient (Wildman–Crippen LogP) is 1.49. The van der Waals surface area contributed by atoms with Crippen LogP contribution in [-0.2, 0) is 16.0 Å². The van der Waals surface area contributed by atoms with Gasteiger partial charge >= 0.3 is 6.09 Å². The van der Waals surface area contributed by atoms with Gasteiger partial charge in [0.05, 0.1) is 6.26 Å². The van der Waals surface area contributed by atoms with Crippen LogP contribution in [0.2, 0.25) is 0 Å². The first-order valence-electron chi connectivity index (χ1n) is 8.24. The van der Waals surface area contributed by atoms with Crippen LogP contribution >= 0.6 is 0 Å². The number of piperazine rings is 1. The Morgan fingerprint density at radius 3 is 2.75 bits per heavy atom. The lowest BCUT2D eigenvalue weighted by atomic mass is 10.1. The van der Waals surface area contributed by atoms with Crippen molar-refractivity contribution in [2.24, 2.45) is 0 Å². The van der Waals surface area contributed by atoms with Gasteiger partial charge in [-0.1, -0.05) is 0 Å². The van der Waals surface area contributed by atoms with Crippen LogP contribution in [0.5, 0.6) is 0 Å². The van der Waals surface area contributed by atoms with Crippen LogP contribution in [0.25, 0.3) is 0 Å². The third-order valence-corrected chi connectivity index (χ3v) is 3.85. The molecule has 0 spiro atoms. The third-order valence-electron chi connectivity index (χ3n) is 3.85. The van der Waals surface area contributed by atoms with E-state index in [0.29, 0.717) is 32.6 Å². The van der Waals surface area contributed by atoms with Gasteiger partial charge in [-0.05, 0) is 40.0 Å². The zero-order chi connectivity index (χ0) is 17.7. The number of carbonyl (C=O) groups excluding carboxylic acids is 2. The van der Waals surface area contributed by atoms with Gasteiger partial charge in [-0.15, -0.1) is 0 Å². The minimum absolute atomic E-state index is 0.0858. The molecule has 1 aliphatic heterocycles. The first kappa shape index (κ1) is 18.3. The Hall–Kier alpha value is -2.02. The average molecular weight is 337 g/mol. The second-order valence-corrected chi connectivity index (χ2v) is 7.04. The molecule has 7 heteroatoms. The van der Waals surface area contributed by atoms with Gasteiger partial charge in [0.15, 0.2) is 0 Å². The lowest BCUT2D eigenvalue weighted by molar-refractivity contribution is -0.127. The first-order valence-corrected chi connectivity index (χ1v) is 8.24. The van der Waals surface area contributed by atoms with Crippen molar-refractivity contribution in [1.82, 2.24) is 15.1 Å². The van der Waals surface area contributed by atoms with Crippen LogP contribution in [0.15, 0.2) is 22.8 Å². The number of hydrogen-bond donors (Lipinski definition) is 1. The fourth-order valence-corrected chi connectivity index (χ4v) is 2.53.